The molecule has 0 radical (unpaired) electrons. The molecule has 1 saturated carbocycles. The molecule has 1 aliphatic carbocycles. The summed E-state index contributed by atoms with van der Waals surface area (Å²) in [6, 6.07) is 16.0. The van der Waals surface area contributed by atoms with Crippen LogP contribution in [0.15, 0.2) is 54.7 Å². The van der Waals surface area contributed by atoms with E-state index in [1.165, 1.54) is 0 Å². The second kappa shape index (κ2) is 8.62. The molecule has 2 heterocycles. The number of rotatable bonds is 6. The number of nitrogens with one attached hydrogen (secondary N) is 1. The van der Waals surface area contributed by atoms with Crippen molar-refractivity contribution in [3.8, 4) is 11.3 Å². The highest BCUT2D eigenvalue weighted by molar-refractivity contribution is 6.03. The summed E-state index contributed by atoms with van der Waals surface area (Å²) in [5.41, 5.74) is 3.71. The highest BCUT2D eigenvalue weighted by Crippen LogP contribution is 2.35. The molecule has 4 aromatic rings. The molecule has 8 nitrogen and oxygen atoms in total. The van der Waals surface area contributed by atoms with Gasteiger partial charge < -0.3 is 25.2 Å². The maximum absolute atomic E-state index is 10.5. The van der Waals surface area contributed by atoms with Crippen LogP contribution in [0, 0.1) is 5.92 Å². The van der Waals surface area contributed by atoms with E-state index in [1.54, 1.807) is 17.8 Å². The van der Waals surface area contributed by atoms with Gasteiger partial charge >= 0.3 is 0 Å². The summed E-state index contributed by atoms with van der Waals surface area (Å²) in [6.07, 6.45) is 0.617. The van der Waals surface area contributed by atoms with Gasteiger partial charge in [-0.3, -0.25) is 0 Å². The number of aliphatic hydroxyl groups is 2. The first-order valence-electron chi connectivity index (χ1n) is 11.1. The van der Waals surface area contributed by atoms with Crippen LogP contribution in [0.5, 0.6) is 0 Å². The van der Waals surface area contributed by atoms with E-state index in [-0.39, 0.29) is 12.0 Å². The Morgan fingerprint density at radius 3 is 2.64 bits per heavy atom. The zero-order valence-corrected chi connectivity index (χ0v) is 19.0. The van der Waals surface area contributed by atoms with Crippen molar-refractivity contribution >= 4 is 27.9 Å². The Hall–Kier alpha value is -3.20. The fraction of sp³-hybridized carbons (Fsp3) is 0.360. The van der Waals surface area contributed by atoms with Crippen LogP contribution in [0.25, 0.3) is 27.7 Å². The first kappa shape index (κ1) is 21.6. The molecule has 4 unspecified atom stereocenters. The summed E-state index contributed by atoms with van der Waals surface area (Å²) in [4.78, 5) is 6.60. The number of aliphatic hydroxyl groups excluding tert-OH is 2. The predicted octanol–water partition coefficient (Wildman–Crippen LogP) is 2.78. The van der Waals surface area contributed by atoms with Crippen LogP contribution in [-0.2, 0) is 4.74 Å². The third-order valence-corrected chi connectivity index (χ3v) is 6.53. The van der Waals surface area contributed by atoms with Crippen LogP contribution >= 0.6 is 0 Å². The van der Waals surface area contributed by atoms with Gasteiger partial charge in [0.2, 0.25) is 0 Å². The molecule has 0 aliphatic heterocycles. The van der Waals surface area contributed by atoms with Gasteiger partial charge in [0.1, 0.15) is 11.9 Å². The van der Waals surface area contributed by atoms with Crippen LogP contribution < -0.4 is 10.2 Å². The molecule has 2 aromatic carbocycles. The first-order chi connectivity index (χ1) is 16.0. The van der Waals surface area contributed by atoms with Crippen LogP contribution in [0.3, 0.4) is 0 Å². The van der Waals surface area contributed by atoms with Gasteiger partial charge in [0.15, 0.2) is 5.65 Å². The second-order valence-electron chi connectivity index (χ2n) is 8.89. The third-order valence-electron chi connectivity index (χ3n) is 6.53. The smallest absolute Gasteiger partial charge is 0.157 e. The van der Waals surface area contributed by atoms with Gasteiger partial charge in [0.05, 0.1) is 24.4 Å². The standard InChI is InChI=1S/C25H29N5O3/c1-29(2)21-9-8-17(16-6-4-5-7-18(16)21)19-13-23-26-11-10-22(30(23)28-19)27-20-12-15(14-33-3)24(31)25(20)32/h4-11,13,15,20,24-25,27,31-32H,12,14H2,1-3H3. The zero-order chi connectivity index (χ0) is 23.1. The monoisotopic (exact) mass is 447 g/mol. The Balaban J connectivity index is 1.53. The van der Waals surface area contributed by atoms with Crippen molar-refractivity contribution in [1.29, 1.82) is 0 Å². The van der Waals surface area contributed by atoms with Crippen molar-refractivity contribution in [3.63, 3.8) is 0 Å². The Morgan fingerprint density at radius 1 is 1.09 bits per heavy atom. The lowest BCUT2D eigenvalue weighted by Crippen LogP contribution is -2.36. The molecule has 0 saturated heterocycles. The van der Waals surface area contributed by atoms with E-state index in [0.29, 0.717) is 18.7 Å². The van der Waals surface area contributed by atoms with E-state index in [0.717, 1.165) is 33.5 Å². The van der Waals surface area contributed by atoms with Crippen LogP contribution in [0.1, 0.15) is 6.42 Å². The number of anilines is 2. The van der Waals surface area contributed by atoms with E-state index < -0.39 is 12.2 Å². The Morgan fingerprint density at radius 2 is 1.88 bits per heavy atom. The number of hydrogen-bond donors (Lipinski definition) is 3. The van der Waals surface area contributed by atoms with E-state index in [9.17, 15) is 10.2 Å². The third kappa shape index (κ3) is 3.80. The molecule has 0 spiro atoms. The fourth-order valence-electron chi connectivity index (χ4n) is 4.87. The number of methoxy groups -OCH3 is 1. The molecule has 33 heavy (non-hydrogen) atoms. The number of benzene rings is 2. The highest BCUT2D eigenvalue weighted by Gasteiger charge is 2.41. The Bertz CT molecular complexity index is 1290. The van der Waals surface area contributed by atoms with Crippen LogP contribution in [0.4, 0.5) is 11.5 Å². The molecule has 172 valence electrons. The van der Waals surface area contributed by atoms with Gasteiger partial charge in [-0.25, -0.2) is 4.98 Å². The molecule has 0 amide bonds. The topological polar surface area (TPSA) is 95.2 Å². The normalized spacial score (nSPS) is 22.8. The number of ether oxygens (including phenoxy) is 1. The summed E-state index contributed by atoms with van der Waals surface area (Å²) < 4.78 is 6.95. The van der Waals surface area contributed by atoms with Crippen molar-refractivity contribution in [2.45, 2.75) is 24.7 Å². The van der Waals surface area contributed by atoms with Crippen molar-refractivity contribution in [1.82, 2.24) is 14.6 Å². The molecule has 1 fully saturated rings. The average molecular weight is 448 g/mol. The van der Waals surface area contributed by atoms with E-state index in [1.807, 2.05) is 38.4 Å². The zero-order valence-electron chi connectivity index (χ0n) is 19.0. The first-order valence-corrected chi connectivity index (χ1v) is 11.1. The number of fused-ring (bicyclic) bond motifs is 2. The van der Waals surface area contributed by atoms with Crippen molar-refractivity contribution in [2.24, 2.45) is 5.92 Å². The van der Waals surface area contributed by atoms with E-state index in [4.69, 9.17) is 9.84 Å². The average Bonchev–Trinajstić information content (AvgIpc) is 3.36. The Labute approximate surface area is 192 Å². The number of hydrogen-bond acceptors (Lipinski definition) is 7. The molecule has 0 bridgehead atoms. The van der Waals surface area contributed by atoms with Crippen LogP contribution in [0.2, 0.25) is 0 Å². The molecule has 2 aromatic heterocycles. The quantitative estimate of drug-likeness (QED) is 0.418. The van der Waals surface area contributed by atoms with Gasteiger partial charge in [-0.15, -0.1) is 0 Å². The summed E-state index contributed by atoms with van der Waals surface area (Å²) in [5, 5.41) is 31.4. The Kier molecular flexibility index (Phi) is 5.65. The minimum Gasteiger partial charge on any atom is -0.390 e. The SMILES string of the molecule is COCC1CC(Nc2ccnc3cc(-c4ccc(N(C)C)c5ccccc45)nn23)C(O)C1O. The molecule has 1 aliphatic rings. The van der Waals surface area contributed by atoms with Gasteiger partial charge in [0.25, 0.3) is 0 Å². The summed E-state index contributed by atoms with van der Waals surface area (Å²) in [6.45, 7) is 0.407. The van der Waals surface area contributed by atoms with E-state index in [2.05, 4.69) is 39.5 Å². The van der Waals surface area contributed by atoms with Gasteiger partial charge in [-0.1, -0.05) is 30.3 Å². The largest absolute Gasteiger partial charge is 0.390 e. The van der Waals surface area contributed by atoms with Gasteiger partial charge in [-0.05, 0) is 23.9 Å². The maximum atomic E-state index is 10.5. The van der Waals surface area contributed by atoms with Gasteiger partial charge in [-0.2, -0.15) is 9.61 Å². The highest BCUT2D eigenvalue weighted by atomic mass is 16.5. The lowest BCUT2D eigenvalue weighted by molar-refractivity contribution is -0.00196. The van der Waals surface area contributed by atoms with Crippen molar-refractivity contribution in [3.05, 3.63) is 54.7 Å². The van der Waals surface area contributed by atoms with Crippen LogP contribution in [-0.4, -0.2) is 70.9 Å². The van der Waals surface area contributed by atoms with Gasteiger partial charge in [0, 0.05) is 56.0 Å². The summed E-state index contributed by atoms with van der Waals surface area (Å²) in [5.74, 6) is 0.601. The molecular weight excluding hydrogens is 418 g/mol. The fourth-order valence-corrected chi connectivity index (χ4v) is 4.87. The minimum absolute atomic E-state index is 0.116. The molecule has 5 rings (SSSR count). The number of nitrogens with zero attached hydrogens (tertiary/aromatic N) is 4. The van der Waals surface area contributed by atoms with Crippen molar-refractivity contribution in [2.75, 3.05) is 38.0 Å². The number of aromatic nitrogens is 3. The predicted molar refractivity (Wildman–Crippen MR) is 130 cm³/mol. The molecule has 4 atom stereocenters. The molecule has 8 heteroatoms. The second-order valence-corrected chi connectivity index (χ2v) is 8.89. The molecule has 3 N–H and O–H groups in total. The lowest BCUT2D eigenvalue weighted by atomic mass is 10.0. The van der Waals surface area contributed by atoms with E-state index >= 15 is 0 Å². The summed E-state index contributed by atoms with van der Waals surface area (Å²) >= 11 is 0. The minimum atomic E-state index is -0.883. The maximum Gasteiger partial charge on any atom is 0.157 e. The summed E-state index contributed by atoms with van der Waals surface area (Å²) in [7, 11) is 5.69. The molecular formula is C25H29N5O3. The lowest BCUT2D eigenvalue weighted by Gasteiger charge is -2.19. The van der Waals surface area contributed by atoms with Crippen molar-refractivity contribution < 1.29 is 14.9 Å².